The zero-order chi connectivity index (χ0) is 24.2. The summed E-state index contributed by atoms with van der Waals surface area (Å²) in [6.07, 6.45) is 0.606. The van der Waals surface area contributed by atoms with Gasteiger partial charge in [-0.15, -0.1) is 0 Å². The summed E-state index contributed by atoms with van der Waals surface area (Å²) < 4.78 is 5.35. The maximum atomic E-state index is 14.3. The molecule has 0 N–H and O–H groups in total. The van der Waals surface area contributed by atoms with Crippen molar-refractivity contribution in [1.29, 1.82) is 0 Å². The average Bonchev–Trinajstić information content (AvgIpc) is 3.15. The summed E-state index contributed by atoms with van der Waals surface area (Å²) in [7, 11) is 1.68. The monoisotopic (exact) mass is 486 g/mol. The van der Waals surface area contributed by atoms with E-state index >= 15 is 0 Å². The lowest BCUT2D eigenvalue weighted by atomic mass is 9.67. The summed E-state index contributed by atoms with van der Waals surface area (Å²) in [6.45, 7) is 4.35. The van der Waals surface area contributed by atoms with Crippen LogP contribution >= 0.6 is 11.6 Å². The number of carbonyl (C=O) groups is 1. The molecule has 3 aliphatic rings. The molecule has 0 bridgehead atoms. The second-order valence-electron chi connectivity index (χ2n) is 9.41. The zero-order valence-electron chi connectivity index (χ0n) is 19.8. The van der Waals surface area contributed by atoms with E-state index in [2.05, 4.69) is 28.0 Å². The minimum atomic E-state index is -0.748. The fourth-order valence-electron chi connectivity index (χ4n) is 5.85. The van der Waals surface area contributed by atoms with Gasteiger partial charge in [-0.2, -0.15) is 10.1 Å². The Hall–Kier alpha value is -3.51. The Morgan fingerprint density at radius 3 is 2.51 bits per heavy atom. The van der Waals surface area contributed by atoms with Crippen molar-refractivity contribution < 1.29 is 9.53 Å². The molecule has 35 heavy (non-hydrogen) atoms. The molecule has 1 saturated heterocycles. The number of anilines is 3. The number of amides is 1. The number of methoxy groups -OCH3 is 1. The molecule has 0 radical (unpaired) electrons. The number of hydrogen-bond donors (Lipinski definition) is 0. The van der Waals surface area contributed by atoms with Crippen molar-refractivity contribution >= 4 is 40.3 Å². The highest BCUT2D eigenvalue weighted by molar-refractivity contribution is 6.31. The molecule has 0 aliphatic carbocycles. The van der Waals surface area contributed by atoms with Gasteiger partial charge in [0.2, 0.25) is 0 Å². The third kappa shape index (κ3) is 3.39. The Morgan fingerprint density at radius 2 is 1.77 bits per heavy atom. The number of piperazine rings is 1. The van der Waals surface area contributed by atoms with Gasteiger partial charge in [0.1, 0.15) is 11.2 Å². The van der Waals surface area contributed by atoms with Gasteiger partial charge in [-0.25, -0.2) is 0 Å². The lowest BCUT2D eigenvalue weighted by Gasteiger charge is -2.53. The minimum absolute atomic E-state index is 0.0355. The smallest absolute Gasteiger partial charge is 0.261 e. The Morgan fingerprint density at radius 1 is 1.00 bits per heavy atom. The van der Waals surface area contributed by atoms with Crippen LogP contribution < -0.4 is 19.5 Å². The van der Waals surface area contributed by atoms with Crippen molar-refractivity contribution in [3.63, 3.8) is 0 Å². The molecule has 6 nitrogen and oxygen atoms in total. The SMILES string of the molecule is COc1ccc(N2CCN3c4cc(Cl)ccc4C[C@]4(C(=O)N(c5ccccc5)N=C4C)[C@H]3C2)cc1. The zero-order valence-corrected chi connectivity index (χ0v) is 20.6. The quantitative estimate of drug-likeness (QED) is 0.522. The summed E-state index contributed by atoms with van der Waals surface area (Å²) in [5.41, 5.74) is 4.30. The molecule has 0 unspecified atom stereocenters. The highest BCUT2D eigenvalue weighted by Crippen LogP contribution is 2.49. The summed E-state index contributed by atoms with van der Waals surface area (Å²) >= 11 is 6.42. The van der Waals surface area contributed by atoms with Crippen LogP contribution in [0.1, 0.15) is 12.5 Å². The molecule has 6 rings (SSSR count). The van der Waals surface area contributed by atoms with Gasteiger partial charge in [-0.05, 0) is 67.4 Å². The lowest BCUT2D eigenvalue weighted by molar-refractivity contribution is -0.125. The molecule has 1 fully saturated rings. The molecule has 0 saturated carbocycles. The lowest BCUT2D eigenvalue weighted by Crippen LogP contribution is -2.67. The van der Waals surface area contributed by atoms with Crippen LogP contribution in [0.3, 0.4) is 0 Å². The Balaban J connectivity index is 1.44. The maximum Gasteiger partial charge on any atom is 0.261 e. The molecule has 3 heterocycles. The molecule has 3 aromatic rings. The number of halogens is 1. The second-order valence-corrected chi connectivity index (χ2v) is 9.85. The van der Waals surface area contributed by atoms with Crippen molar-refractivity contribution in [3.05, 3.63) is 83.4 Å². The van der Waals surface area contributed by atoms with E-state index in [-0.39, 0.29) is 11.9 Å². The van der Waals surface area contributed by atoms with Crippen molar-refractivity contribution in [2.45, 2.75) is 19.4 Å². The second kappa shape index (κ2) is 8.31. The first-order valence-corrected chi connectivity index (χ1v) is 12.3. The van der Waals surface area contributed by atoms with Crippen LogP contribution in [0.2, 0.25) is 5.02 Å². The van der Waals surface area contributed by atoms with E-state index in [1.165, 1.54) is 0 Å². The van der Waals surface area contributed by atoms with Gasteiger partial charge in [0, 0.05) is 36.0 Å². The first kappa shape index (κ1) is 22.0. The van der Waals surface area contributed by atoms with Gasteiger partial charge < -0.3 is 14.5 Å². The first-order chi connectivity index (χ1) is 17.0. The van der Waals surface area contributed by atoms with E-state index < -0.39 is 5.41 Å². The van der Waals surface area contributed by atoms with Crippen molar-refractivity contribution in [2.24, 2.45) is 10.5 Å². The number of fused-ring (bicyclic) bond motifs is 4. The van der Waals surface area contributed by atoms with Crippen molar-refractivity contribution in [1.82, 2.24) is 0 Å². The largest absolute Gasteiger partial charge is 0.497 e. The summed E-state index contributed by atoms with van der Waals surface area (Å²) in [5, 5.41) is 7.14. The van der Waals surface area contributed by atoms with Gasteiger partial charge in [0.15, 0.2) is 0 Å². The number of hydrazone groups is 1. The molecule has 7 heteroatoms. The van der Waals surface area contributed by atoms with Gasteiger partial charge in [0.25, 0.3) is 5.91 Å². The summed E-state index contributed by atoms with van der Waals surface area (Å²) in [4.78, 5) is 19.0. The predicted octanol–water partition coefficient (Wildman–Crippen LogP) is 5.01. The normalized spacial score (nSPS) is 23.3. The van der Waals surface area contributed by atoms with E-state index in [0.29, 0.717) is 18.0 Å². The number of carbonyl (C=O) groups excluding carboxylic acids is 1. The van der Waals surface area contributed by atoms with Crippen LogP contribution in [0.25, 0.3) is 0 Å². The minimum Gasteiger partial charge on any atom is -0.497 e. The highest BCUT2D eigenvalue weighted by atomic mass is 35.5. The number of para-hydroxylation sites is 1. The molecular formula is C28H27ClN4O2. The molecule has 1 spiro atoms. The van der Waals surface area contributed by atoms with Crippen LogP contribution in [0.5, 0.6) is 5.75 Å². The molecule has 1 amide bonds. The average molecular weight is 487 g/mol. The Kier molecular flexibility index (Phi) is 5.22. The van der Waals surface area contributed by atoms with Crippen molar-refractivity contribution in [3.8, 4) is 5.75 Å². The standard InChI is InChI=1S/C28H27ClN4O2/c1-19-28(27(34)33(30-19)23-6-4-3-5-7-23)17-20-8-9-21(29)16-25(20)32-15-14-31(18-26(28)32)22-10-12-24(35-2)13-11-22/h3-13,16,26H,14-15,17-18H2,1-2H3/t26-,28-/m1/s1. The van der Waals surface area contributed by atoms with Gasteiger partial charge >= 0.3 is 0 Å². The van der Waals surface area contributed by atoms with Gasteiger partial charge in [0.05, 0.1) is 24.6 Å². The summed E-state index contributed by atoms with van der Waals surface area (Å²) in [5.74, 6) is 0.867. The molecule has 3 aromatic carbocycles. The highest BCUT2D eigenvalue weighted by Gasteiger charge is 2.60. The predicted molar refractivity (Wildman–Crippen MR) is 141 cm³/mol. The molecule has 0 aromatic heterocycles. The molecular weight excluding hydrogens is 460 g/mol. The summed E-state index contributed by atoms with van der Waals surface area (Å²) in [6, 6.07) is 23.8. The van der Waals surface area contributed by atoms with Crippen LogP contribution in [0, 0.1) is 5.41 Å². The Labute approximate surface area is 210 Å². The van der Waals surface area contributed by atoms with E-state index in [1.807, 2.05) is 61.5 Å². The third-order valence-electron chi connectivity index (χ3n) is 7.68. The van der Waals surface area contributed by atoms with E-state index in [4.69, 9.17) is 21.4 Å². The molecule has 178 valence electrons. The van der Waals surface area contributed by atoms with Crippen LogP contribution in [-0.2, 0) is 11.2 Å². The maximum absolute atomic E-state index is 14.3. The Bertz CT molecular complexity index is 1310. The van der Waals surface area contributed by atoms with Crippen molar-refractivity contribution in [2.75, 3.05) is 41.6 Å². The van der Waals surface area contributed by atoms with Gasteiger partial charge in [-0.1, -0.05) is 35.9 Å². The topological polar surface area (TPSA) is 48.4 Å². The number of nitrogens with zero attached hydrogens (tertiary/aromatic N) is 4. The number of benzene rings is 3. The number of rotatable bonds is 3. The van der Waals surface area contributed by atoms with E-state index in [9.17, 15) is 4.79 Å². The van der Waals surface area contributed by atoms with Crippen LogP contribution in [-0.4, -0.2) is 44.4 Å². The van der Waals surface area contributed by atoms with E-state index in [0.717, 1.165) is 47.2 Å². The van der Waals surface area contributed by atoms with E-state index in [1.54, 1.807) is 12.1 Å². The third-order valence-corrected chi connectivity index (χ3v) is 7.92. The first-order valence-electron chi connectivity index (χ1n) is 11.9. The number of ether oxygens (including phenoxy) is 1. The number of hydrogen-bond acceptors (Lipinski definition) is 5. The van der Waals surface area contributed by atoms with Crippen LogP contribution in [0.4, 0.5) is 17.1 Å². The molecule has 3 aliphatic heterocycles. The fraction of sp³-hybridized carbons (Fsp3) is 0.286. The van der Waals surface area contributed by atoms with Crippen LogP contribution in [0.15, 0.2) is 77.9 Å². The van der Waals surface area contributed by atoms with Gasteiger partial charge in [-0.3, -0.25) is 4.79 Å². The molecule has 2 atom stereocenters. The fourth-order valence-corrected chi connectivity index (χ4v) is 6.02.